The maximum absolute atomic E-state index is 13.7. The maximum Gasteiger partial charge on any atom is 0.346 e. The SMILES string of the molecule is Cc1ccccc1C(=O)Oc1ccc(Cc2ccc(OC(=O)c3ccccc3F)cc2)cc1. The van der Waals surface area contributed by atoms with Crippen LogP contribution in [0, 0.1) is 12.7 Å². The van der Waals surface area contributed by atoms with Crippen LogP contribution in [0.1, 0.15) is 37.4 Å². The molecule has 0 aliphatic carbocycles. The Morgan fingerprint density at radius 1 is 0.636 bits per heavy atom. The van der Waals surface area contributed by atoms with Crippen LogP contribution >= 0.6 is 0 Å². The zero-order chi connectivity index (χ0) is 23.2. The van der Waals surface area contributed by atoms with Gasteiger partial charge in [-0.15, -0.1) is 0 Å². The molecule has 0 heterocycles. The molecule has 0 unspecified atom stereocenters. The highest BCUT2D eigenvalue weighted by Gasteiger charge is 2.13. The quantitative estimate of drug-likeness (QED) is 0.266. The molecule has 0 saturated carbocycles. The molecule has 33 heavy (non-hydrogen) atoms. The summed E-state index contributed by atoms with van der Waals surface area (Å²) in [5, 5.41) is 0. The summed E-state index contributed by atoms with van der Waals surface area (Å²) >= 11 is 0. The number of esters is 2. The Hall–Kier alpha value is -4.25. The topological polar surface area (TPSA) is 52.6 Å². The lowest BCUT2D eigenvalue weighted by molar-refractivity contribution is 0.0722. The minimum absolute atomic E-state index is 0.107. The van der Waals surface area contributed by atoms with Gasteiger partial charge in [0.2, 0.25) is 0 Å². The second kappa shape index (κ2) is 9.92. The molecule has 5 heteroatoms. The Bertz CT molecular complexity index is 1180. The standard InChI is InChI=1S/C28H21FO4/c1-19-6-2-3-7-24(19)27(30)32-22-14-10-20(11-15-22)18-21-12-16-23(17-13-21)33-28(31)25-8-4-5-9-26(25)29/h2-17H,18H2,1H3. The first-order valence-corrected chi connectivity index (χ1v) is 10.4. The molecule has 0 N–H and O–H groups in total. The van der Waals surface area contributed by atoms with Gasteiger partial charge in [0, 0.05) is 0 Å². The third-order valence-corrected chi connectivity index (χ3v) is 5.13. The normalized spacial score (nSPS) is 10.5. The van der Waals surface area contributed by atoms with Crippen LogP contribution in [0.3, 0.4) is 0 Å². The number of hydrogen-bond donors (Lipinski definition) is 0. The number of carbonyl (C=O) groups excluding carboxylic acids is 2. The summed E-state index contributed by atoms with van der Waals surface area (Å²) in [6, 6.07) is 27.3. The van der Waals surface area contributed by atoms with Crippen molar-refractivity contribution in [1.82, 2.24) is 0 Å². The molecule has 4 nitrogen and oxygen atoms in total. The Morgan fingerprint density at radius 3 is 1.61 bits per heavy atom. The molecular formula is C28H21FO4. The fourth-order valence-electron chi connectivity index (χ4n) is 3.34. The van der Waals surface area contributed by atoms with Crippen LogP contribution in [0.5, 0.6) is 11.5 Å². The van der Waals surface area contributed by atoms with E-state index in [1.54, 1.807) is 42.5 Å². The monoisotopic (exact) mass is 440 g/mol. The molecule has 0 aromatic heterocycles. The van der Waals surface area contributed by atoms with Gasteiger partial charge in [-0.2, -0.15) is 0 Å². The third kappa shape index (κ3) is 5.52. The number of rotatable bonds is 6. The molecule has 0 atom stereocenters. The van der Waals surface area contributed by atoms with Crippen molar-refractivity contribution < 1.29 is 23.5 Å². The molecular weight excluding hydrogens is 419 g/mol. The van der Waals surface area contributed by atoms with E-state index in [4.69, 9.17) is 9.47 Å². The van der Waals surface area contributed by atoms with Crippen LogP contribution in [-0.4, -0.2) is 11.9 Å². The van der Waals surface area contributed by atoms with Crippen molar-refractivity contribution >= 4 is 11.9 Å². The highest BCUT2D eigenvalue weighted by molar-refractivity contribution is 5.92. The third-order valence-electron chi connectivity index (χ3n) is 5.13. The van der Waals surface area contributed by atoms with Crippen LogP contribution < -0.4 is 9.47 Å². The summed E-state index contributed by atoms with van der Waals surface area (Å²) in [5.41, 5.74) is 3.33. The van der Waals surface area contributed by atoms with Crippen LogP contribution in [0.2, 0.25) is 0 Å². The Morgan fingerprint density at radius 2 is 1.09 bits per heavy atom. The molecule has 0 aliphatic rings. The van der Waals surface area contributed by atoms with Gasteiger partial charge in [0.05, 0.1) is 11.1 Å². The Kier molecular flexibility index (Phi) is 6.60. The molecule has 4 aromatic rings. The van der Waals surface area contributed by atoms with Gasteiger partial charge in [-0.05, 0) is 72.5 Å². The first kappa shape index (κ1) is 22.0. The van der Waals surface area contributed by atoms with Gasteiger partial charge in [-0.25, -0.2) is 14.0 Å². The van der Waals surface area contributed by atoms with Gasteiger partial charge in [0.1, 0.15) is 17.3 Å². The van der Waals surface area contributed by atoms with Gasteiger partial charge in [-0.3, -0.25) is 0 Å². The first-order chi connectivity index (χ1) is 16.0. The minimum atomic E-state index is -0.739. The number of hydrogen-bond acceptors (Lipinski definition) is 4. The van der Waals surface area contributed by atoms with E-state index < -0.39 is 11.8 Å². The van der Waals surface area contributed by atoms with E-state index in [2.05, 4.69) is 0 Å². The molecule has 0 fully saturated rings. The van der Waals surface area contributed by atoms with E-state index >= 15 is 0 Å². The van der Waals surface area contributed by atoms with Gasteiger partial charge >= 0.3 is 11.9 Å². The fourth-order valence-corrected chi connectivity index (χ4v) is 3.34. The lowest BCUT2D eigenvalue weighted by atomic mass is 10.0. The molecule has 164 valence electrons. The lowest BCUT2D eigenvalue weighted by Crippen LogP contribution is -2.10. The van der Waals surface area contributed by atoms with Crippen molar-refractivity contribution in [3.8, 4) is 11.5 Å². The van der Waals surface area contributed by atoms with Gasteiger partial charge in [-0.1, -0.05) is 54.6 Å². The van der Waals surface area contributed by atoms with Crippen LogP contribution in [0.25, 0.3) is 0 Å². The zero-order valence-electron chi connectivity index (χ0n) is 18.0. The molecule has 0 amide bonds. The predicted octanol–water partition coefficient (Wildman–Crippen LogP) is 6.16. The average Bonchev–Trinajstić information content (AvgIpc) is 2.82. The van der Waals surface area contributed by atoms with E-state index in [-0.39, 0.29) is 11.5 Å². The fraction of sp³-hybridized carbons (Fsp3) is 0.0714. The van der Waals surface area contributed by atoms with Gasteiger partial charge in [0.15, 0.2) is 0 Å². The Balaban J connectivity index is 1.35. The molecule has 0 spiro atoms. The molecule has 0 aliphatic heterocycles. The van der Waals surface area contributed by atoms with Crippen molar-refractivity contribution in [3.05, 3.63) is 131 Å². The molecule has 4 rings (SSSR count). The van der Waals surface area contributed by atoms with E-state index in [1.165, 1.54) is 18.2 Å². The molecule has 0 saturated heterocycles. The number of carbonyl (C=O) groups is 2. The van der Waals surface area contributed by atoms with Gasteiger partial charge in [0.25, 0.3) is 0 Å². The number of halogens is 1. The average molecular weight is 440 g/mol. The van der Waals surface area contributed by atoms with Crippen molar-refractivity contribution in [2.24, 2.45) is 0 Å². The molecule has 0 bridgehead atoms. The second-order valence-corrected chi connectivity index (χ2v) is 7.54. The Labute approximate surface area is 191 Å². The highest BCUT2D eigenvalue weighted by Crippen LogP contribution is 2.20. The summed E-state index contributed by atoms with van der Waals surface area (Å²) in [7, 11) is 0. The van der Waals surface area contributed by atoms with E-state index in [0.29, 0.717) is 23.5 Å². The highest BCUT2D eigenvalue weighted by atomic mass is 19.1. The van der Waals surface area contributed by atoms with E-state index in [1.807, 2.05) is 43.3 Å². The van der Waals surface area contributed by atoms with Crippen molar-refractivity contribution in [3.63, 3.8) is 0 Å². The number of ether oxygens (including phenoxy) is 2. The maximum atomic E-state index is 13.7. The van der Waals surface area contributed by atoms with Crippen LogP contribution in [0.15, 0.2) is 97.1 Å². The number of benzene rings is 4. The van der Waals surface area contributed by atoms with Gasteiger partial charge < -0.3 is 9.47 Å². The predicted molar refractivity (Wildman–Crippen MR) is 123 cm³/mol. The summed E-state index contributed by atoms with van der Waals surface area (Å²) < 4.78 is 24.4. The smallest absolute Gasteiger partial charge is 0.346 e. The second-order valence-electron chi connectivity index (χ2n) is 7.54. The molecule has 0 radical (unpaired) electrons. The summed E-state index contributed by atoms with van der Waals surface area (Å²) in [6.07, 6.45) is 0.646. The number of aryl methyl sites for hydroxylation is 1. The largest absolute Gasteiger partial charge is 0.423 e. The minimum Gasteiger partial charge on any atom is -0.423 e. The van der Waals surface area contributed by atoms with Crippen LogP contribution in [-0.2, 0) is 6.42 Å². The lowest BCUT2D eigenvalue weighted by Gasteiger charge is -2.08. The van der Waals surface area contributed by atoms with E-state index in [9.17, 15) is 14.0 Å². The molecule has 4 aromatic carbocycles. The summed E-state index contributed by atoms with van der Waals surface area (Å²) in [6.45, 7) is 1.87. The summed E-state index contributed by atoms with van der Waals surface area (Å²) in [4.78, 5) is 24.5. The van der Waals surface area contributed by atoms with Crippen molar-refractivity contribution in [2.45, 2.75) is 13.3 Å². The van der Waals surface area contributed by atoms with Crippen molar-refractivity contribution in [2.75, 3.05) is 0 Å². The van der Waals surface area contributed by atoms with Crippen LogP contribution in [0.4, 0.5) is 4.39 Å². The first-order valence-electron chi connectivity index (χ1n) is 10.4. The summed E-state index contributed by atoms with van der Waals surface area (Å²) in [5.74, 6) is -0.932. The van der Waals surface area contributed by atoms with Crippen molar-refractivity contribution in [1.29, 1.82) is 0 Å². The zero-order valence-corrected chi connectivity index (χ0v) is 18.0. The van der Waals surface area contributed by atoms with E-state index in [0.717, 1.165) is 16.7 Å².